The Balaban J connectivity index is 1.79. The molecule has 1 heterocycles. The van der Waals surface area contributed by atoms with Crippen molar-refractivity contribution in [2.75, 3.05) is 0 Å². The monoisotopic (exact) mass is 361 g/mol. The Morgan fingerprint density at radius 2 is 1.70 bits per heavy atom. The van der Waals surface area contributed by atoms with E-state index >= 15 is 0 Å². The minimum atomic E-state index is -0.309. The van der Waals surface area contributed by atoms with E-state index in [0.717, 1.165) is 16.5 Å². The maximum Gasteiger partial charge on any atom is 0.269 e. The fourth-order valence-corrected chi connectivity index (χ4v) is 2.95. The quantitative estimate of drug-likeness (QED) is 0.568. The minimum Gasteiger partial charge on any atom is -0.350 e. The fourth-order valence-electron chi connectivity index (χ4n) is 2.95. The summed E-state index contributed by atoms with van der Waals surface area (Å²) < 4.78 is 2.02. The summed E-state index contributed by atoms with van der Waals surface area (Å²) in [7, 11) is 1.97. The molecule has 0 aliphatic carbocycles. The molecule has 2 aromatic carbocycles. The zero-order chi connectivity index (χ0) is 19.4. The number of nitrogens with one attached hydrogen (secondary N) is 1. The van der Waals surface area contributed by atoms with E-state index < -0.39 is 0 Å². The van der Waals surface area contributed by atoms with E-state index in [1.165, 1.54) is 11.1 Å². The number of benzene rings is 2. The van der Waals surface area contributed by atoms with Crippen LogP contribution in [-0.2, 0) is 11.8 Å². The van der Waals surface area contributed by atoms with Gasteiger partial charge >= 0.3 is 0 Å². The van der Waals surface area contributed by atoms with Gasteiger partial charge in [0, 0.05) is 47.4 Å². The third-order valence-electron chi connectivity index (χ3n) is 4.35. The van der Waals surface area contributed by atoms with E-state index in [0.29, 0.717) is 5.56 Å². The van der Waals surface area contributed by atoms with Crippen LogP contribution >= 0.6 is 0 Å². The second-order valence-corrected chi connectivity index (χ2v) is 6.65. The van der Waals surface area contributed by atoms with Gasteiger partial charge in [-0.3, -0.25) is 15.0 Å². The summed E-state index contributed by atoms with van der Waals surface area (Å²) in [6.45, 7) is 3.71. The maximum atomic E-state index is 12.7. The number of hydrazine groups is 1. The van der Waals surface area contributed by atoms with Crippen LogP contribution in [0.2, 0.25) is 0 Å². The number of hydrogen-bond acceptors (Lipinski definition) is 2. The molecule has 3 aromatic rings. The lowest BCUT2D eigenvalue weighted by molar-refractivity contribution is -0.130. The van der Waals surface area contributed by atoms with Crippen LogP contribution in [0, 0.1) is 0 Å². The number of rotatable bonds is 4. The van der Waals surface area contributed by atoms with Gasteiger partial charge in [0.15, 0.2) is 0 Å². The smallest absolute Gasteiger partial charge is 0.269 e. The summed E-state index contributed by atoms with van der Waals surface area (Å²) in [5.41, 5.74) is 5.27. The number of para-hydroxylation sites is 1. The summed E-state index contributed by atoms with van der Waals surface area (Å²) in [5, 5.41) is 2.42. The molecule has 5 heteroatoms. The largest absolute Gasteiger partial charge is 0.350 e. The summed E-state index contributed by atoms with van der Waals surface area (Å²) in [6, 6.07) is 16.7. The first-order valence-electron chi connectivity index (χ1n) is 8.88. The second kappa shape index (κ2) is 7.91. The topological polar surface area (TPSA) is 54.3 Å². The highest BCUT2D eigenvalue weighted by Crippen LogP contribution is 2.21. The van der Waals surface area contributed by atoms with E-state index in [1.807, 2.05) is 62.0 Å². The predicted octanol–water partition coefficient (Wildman–Crippen LogP) is 3.77. The fraction of sp³-hybridized carbons (Fsp3) is 0.182. The molecule has 27 heavy (non-hydrogen) atoms. The normalized spacial score (nSPS) is 11.3. The van der Waals surface area contributed by atoms with Crippen LogP contribution in [0.15, 0.2) is 66.9 Å². The SMILES string of the molecule is CC(C)N(NC(=O)c1ccccc1)C(=O)C=Cc1cn(C)c2ccccc12. The standard InChI is InChI=1S/C22H23N3O2/c1-16(2)25(23-22(27)17-9-5-4-6-10-17)21(26)14-13-18-15-24(3)20-12-8-7-11-19(18)20/h4-16H,1-3H3,(H,23,27). The van der Waals surface area contributed by atoms with E-state index in [1.54, 1.807) is 30.3 Å². The first kappa shape index (κ1) is 18.5. The predicted molar refractivity (Wildman–Crippen MR) is 108 cm³/mol. The Morgan fingerprint density at radius 1 is 1.04 bits per heavy atom. The van der Waals surface area contributed by atoms with Gasteiger partial charge in [0.25, 0.3) is 11.8 Å². The lowest BCUT2D eigenvalue weighted by Gasteiger charge is -2.25. The van der Waals surface area contributed by atoms with Crippen molar-refractivity contribution in [2.24, 2.45) is 7.05 Å². The lowest BCUT2D eigenvalue weighted by Crippen LogP contribution is -2.49. The van der Waals surface area contributed by atoms with E-state index in [4.69, 9.17) is 0 Å². The molecule has 0 unspecified atom stereocenters. The number of fused-ring (bicyclic) bond motifs is 1. The molecular weight excluding hydrogens is 338 g/mol. The Hall–Kier alpha value is -3.34. The number of carbonyl (C=O) groups is 2. The average Bonchev–Trinajstić information content (AvgIpc) is 3.00. The van der Waals surface area contributed by atoms with Crippen LogP contribution in [0.25, 0.3) is 17.0 Å². The third kappa shape index (κ3) is 4.08. The summed E-state index contributed by atoms with van der Waals surface area (Å²) >= 11 is 0. The van der Waals surface area contributed by atoms with Crippen molar-refractivity contribution >= 4 is 28.8 Å². The zero-order valence-electron chi connectivity index (χ0n) is 15.7. The highest BCUT2D eigenvalue weighted by atomic mass is 16.2. The molecule has 0 spiro atoms. The van der Waals surface area contributed by atoms with E-state index in [9.17, 15) is 9.59 Å². The van der Waals surface area contributed by atoms with Gasteiger partial charge in [0.1, 0.15) is 0 Å². The third-order valence-corrected chi connectivity index (χ3v) is 4.35. The number of nitrogens with zero attached hydrogens (tertiary/aromatic N) is 2. The molecule has 0 bridgehead atoms. The summed E-state index contributed by atoms with van der Waals surface area (Å²) in [5.74, 6) is -0.585. The van der Waals surface area contributed by atoms with Crippen molar-refractivity contribution in [1.29, 1.82) is 0 Å². The van der Waals surface area contributed by atoms with Crippen LogP contribution in [0.3, 0.4) is 0 Å². The van der Waals surface area contributed by atoms with Crippen LogP contribution in [0.5, 0.6) is 0 Å². The van der Waals surface area contributed by atoms with E-state index in [2.05, 4.69) is 5.43 Å². The van der Waals surface area contributed by atoms with Crippen LogP contribution in [-0.4, -0.2) is 27.4 Å². The van der Waals surface area contributed by atoms with Crippen molar-refractivity contribution in [3.63, 3.8) is 0 Å². The number of amides is 2. The highest BCUT2D eigenvalue weighted by Gasteiger charge is 2.18. The van der Waals surface area contributed by atoms with Crippen LogP contribution in [0.4, 0.5) is 0 Å². The highest BCUT2D eigenvalue weighted by molar-refractivity contribution is 5.99. The first-order chi connectivity index (χ1) is 13.0. The molecule has 0 fully saturated rings. The minimum absolute atomic E-state index is 0.178. The van der Waals surface area contributed by atoms with Crippen molar-refractivity contribution in [3.05, 3.63) is 78.0 Å². The summed E-state index contributed by atoms with van der Waals surface area (Å²) in [4.78, 5) is 25.1. The van der Waals surface area contributed by atoms with Gasteiger partial charge in [-0.25, -0.2) is 5.01 Å². The zero-order valence-corrected chi connectivity index (χ0v) is 15.7. The average molecular weight is 361 g/mol. The summed E-state index contributed by atoms with van der Waals surface area (Å²) in [6.07, 6.45) is 5.26. The number of carbonyl (C=O) groups excluding carboxylic acids is 2. The van der Waals surface area contributed by atoms with Gasteiger partial charge in [0.2, 0.25) is 0 Å². The number of hydrogen-bond donors (Lipinski definition) is 1. The van der Waals surface area contributed by atoms with Gasteiger partial charge in [-0.05, 0) is 38.1 Å². The van der Waals surface area contributed by atoms with Gasteiger partial charge in [0.05, 0.1) is 0 Å². The molecule has 0 saturated heterocycles. The molecule has 0 saturated carbocycles. The van der Waals surface area contributed by atoms with Gasteiger partial charge in [-0.15, -0.1) is 0 Å². The number of aromatic nitrogens is 1. The Kier molecular flexibility index (Phi) is 5.41. The van der Waals surface area contributed by atoms with Crippen LogP contribution in [0.1, 0.15) is 29.8 Å². The first-order valence-corrected chi connectivity index (χ1v) is 8.88. The molecule has 1 N–H and O–H groups in total. The van der Waals surface area contributed by atoms with E-state index in [-0.39, 0.29) is 17.9 Å². The van der Waals surface area contributed by atoms with Gasteiger partial charge < -0.3 is 4.57 Å². The second-order valence-electron chi connectivity index (χ2n) is 6.65. The number of aryl methyl sites for hydroxylation is 1. The lowest BCUT2D eigenvalue weighted by atomic mass is 10.1. The molecule has 3 rings (SSSR count). The van der Waals surface area contributed by atoms with Crippen molar-refractivity contribution < 1.29 is 9.59 Å². The molecule has 0 aliphatic heterocycles. The molecule has 0 radical (unpaired) electrons. The Bertz CT molecular complexity index is 987. The van der Waals surface area contributed by atoms with Crippen molar-refractivity contribution in [3.8, 4) is 0 Å². The molecule has 0 atom stereocenters. The molecular formula is C22H23N3O2. The Labute approximate surface area is 158 Å². The molecule has 2 amide bonds. The Morgan fingerprint density at radius 3 is 2.41 bits per heavy atom. The molecule has 138 valence electrons. The molecule has 1 aromatic heterocycles. The molecule has 0 aliphatic rings. The van der Waals surface area contributed by atoms with Crippen LogP contribution < -0.4 is 5.43 Å². The van der Waals surface area contributed by atoms with Gasteiger partial charge in [-0.2, -0.15) is 0 Å². The van der Waals surface area contributed by atoms with Gasteiger partial charge in [-0.1, -0.05) is 36.4 Å². The maximum absolute atomic E-state index is 12.7. The van der Waals surface area contributed by atoms with Crippen molar-refractivity contribution in [1.82, 2.24) is 15.0 Å². The van der Waals surface area contributed by atoms with Crippen molar-refractivity contribution in [2.45, 2.75) is 19.9 Å². The molecule has 5 nitrogen and oxygen atoms in total.